The van der Waals surface area contributed by atoms with Crippen LogP contribution in [-0.4, -0.2) is 44.1 Å². The maximum atomic E-state index is 13.3. The molecule has 1 aliphatic rings. The lowest BCUT2D eigenvalue weighted by molar-refractivity contribution is -0.127. The second-order valence-corrected chi connectivity index (χ2v) is 5.54. The van der Waals surface area contributed by atoms with Crippen LogP contribution in [0.5, 0.6) is 0 Å². The van der Waals surface area contributed by atoms with Crippen LogP contribution in [0.3, 0.4) is 0 Å². The van der Waals surface area contributed by atoms with Crippen molar-refractivity contribution < 1.29 is 9.18 Å². The van der Waals surface area contributed by atoms with E-state index < -0.39 is 6.04 Å². The van der Waals surface area contributed by atoms with Crippen molar-refractivity contribution in [2.45, 2.75) is 26.8 Å². The average Bonchev–Trinajstić information content (AvgIpc) is 3.03. The summed E-state index contributed by atoms with van der Waals surface area (Å²) in [6, 6.07) is 5.55. The van der Waals surface area contributed by atoms with Gasteiger partial charge >= 0.3 is 0 Å². The molecule has 3 rings (SSSR count). The van der Waals surface area contributed by atoms with E-state index in [2.05, 4.69) is 20.8 Å². The first-order chi connectivity index (χ1) is 11.6. The van der Waals surface area contributed by atoms with E-state index in [4.69, 9.17) is 0 Å². The van der Waals surface area contributed by atoms with Crippen molar-refractivity contribution in [2.75, 3.05) is 18.4 Å². The quantitative estimate of drug-likeness (QED) is 0.927. The number of hydrogen-bond donors (Lipinski definition) is 1. The number of rotatable bonds is 4. The highest BCUT2D eigenvalue weighted by atomic mass is 19.1. The normalized spacial score (nSPS) is 16.6. The van der Waals surface area contributed by atoms with Crippen LogP contribution in [0.15, 0.2) is 35.5 Å². The van der Waals surface area contributed by atoms with Crippen molar-refractivity contribution in [3.05, 3.63) is 46.9 Å². The Morgan fingerprint density at radius 1 is 1.29 bits per heavy atom. The fraction of sp³-hybridized carbons (Fsp3) is 0.375. The van der Waals surface area contributed by atoms with Crippen LogP contribution < -0.4 is 5.32 Å². The van der Waals surface area contributed by atoms with Gasteiger partial charge in [0.2, 0.25) is 5.95 Å². The number of carbonyl (C=O) groups excluding carboxylic acids is 1. The van der Waals surface area contributed by atoms with E-state index in [-0.39, 0.29) is 11.7 Å². The summed E-state index contributed by atoms with van der Waals surface area (Å²) in [5, 5.41) is 14.7. The fourth-order valence-corrected chi connectivity index (χ4v) is 2.92. The minimum Gasteiger partial charge on any atom is -0.339 e. The number of halogens is 1. The van der Waals surface area contributed by atoms with E-state index in [0.29, 0.717) is 30.3 Å². The minimum atomic E-state index is -0.495. The number of anilines is 1. The first kappa shape index (κ1) is 16.1. The molecule has 1 atom stereocenters. The Bertz CT molecular complexity index is 778. The Labute approximate surface area is 139 Å². The molecule has 126 valence electrons. The molecule has 1 aliphatic heterocycles. The highest BCUT2D eigenvalue weighted by Gasteiger charge is 2.35. The summed E-state index contributed by atoms with van der Waals surface area (Å²) in [4.78, 5) is 14.8. The SMILES string of the molecule is CCN(CC)C(=O)C1=C(C)Nc2nnnn2[C@@H]1c1ccc(F)cc1. The Kier molecular flexibility index (Phi) is 4.28. The Morgan fingerprint density at radius 3 is 2.58 bits per heavy atom. The van der Waals surface area contributed by atoms with Crippen molar-refractivity contribution >= 4 is 11.9 Å². The first-order valence-corrected chi connectivity index (χ1v) is 7.87. The van der Waals surface area contributed by atoms with E-state index >= 15 is 0 Å². The van der Waals surface area contributed by atoms with Gasteiger partial charge in [0, 0.05) is 18.8 Å². The van der Waals surface area contributed by atoms with Gasteiger partial charge in [-0.3, -0.25) is 4.79 Å². The summed E-state index contributed by atoms with van der Waals surface area (Å²) < 4.78 is 14.9. The third-order valence-electron chi connectivity index (χ3n) is 4.18. The number of nitrogens with zero attached hydrogens (tertiary/aromatic N) is 5. The monoisotopic (exact) mass is 330 g/mol. The van der Waals surface area contributed by atoms with Crippen molar-refractivity contribution in [1.29, 1.82) is 0 Å². The maximum absolute atomic E-state index is 13.3. The molecule has 1 aromatic carbocycles. The molecule has 1 amide bonds. The molecular weight excluding hydrogens is 311 g/mol. The van der Waals surface area contributed by atoms with Gasteiger partial charge < -0.3 is 10.2 Å². The molecule has 24 heavy (non-hydrogen) atoms. The number of benzene rings is 1. The average molecular weight is 330 g/mol. The topological polar surface area (TPSA) is 75.9 Å². The van der Waals surface area contributed by atoms with Crippen LogP contribution in [0, 0.1) is 5.82 Å². The van der Waals surface area contributed by atoms with Crippen molar-refractivity contribution in [3.8, 4) is 0 Å². The predicted molar refractivity (Wildman–Crippen MR) is 86.6 cm³/mol. The Hall–Kier alpha value is -2.77. The molecule has 0 spiro atoms. The summed E-state index contributed by atoms with van der Waals surface area (Å²) in [7, 11) is 0. The van der Waals surface area contributed by atoms with Crippen LogP contribution in [0.25, 0.3) is 0 Å². The summed E-state index contributed by atoms with van der Waals surface area (Å²) in [6.07, 6.45) is 0. The summed E-state index contributed by atoms with van der Waals surface area (Å²) in [6.45, 7) is 6.90. The smallest absolute Gasteiger partial charge is 0.254 e. The second-order valence-electron chi connectivity index (χ2n) is 5.54. The molecule has 1 N–H and O–H groups in total. The van der Waals surface area contributed by atoms with Gasteiger partial charge in [0.15, 0.2) is 0 Å². The highest BCUT2D eigenvalue weighted by molar-refractivity contribution is 5.96. The number of fused-ring (bicyclic) bond motifs is 1. The molecule has 7 nitrogen and oxygen atoms in total. The standard InChI is InChI=1S/C16H19FN6O/c1-4-22(5-2)15(24)13-10(3)18-16-19-20-21-23(16)14(13)11-6-8-12(17)9-7-11/h6-9,14H,4-5H2,1-3H3,(H,18,19,21)/t14-/m1/s1. The van der Waals surface area contributed by atoms with Crippen LogP contribution in [0.1, 0.15) is 32.4 Å². The molecule has 8 heteroatoms. The van der Waals surface area contributed by atoms with Crippen LogP contribution in [0.4, 0.5) is 10.3 Å². The molecule has 0 saturated carbocycles. The summed E-state index contributed by atoms with van der Waals surface area (Å²) >= 11 is 0. The zero-order chi connectivity index (χ0) is 17.3. The molecule has 0 fully saturated rings. The molecule has 2 heterocycles. The lowest BCUT2D eigenvalue weighted by Crippen LogP contribution is -2.38. The maximum Gasteiger partial charge on any atom is 0.254 e. The third-order valence-corrected chi connectivity index (χ3v) is 4.18. The fourth-order valence-electron chi connectivity index (χ4n) is 2.92. The van der Waals surface area contributed by atoms with E-state index in [9.17, 15) is 9.18 Å². The number of aromatic nitrogens is 4. The number of hydrogen-bond acceptors (Lipinski definition) is 5. The first-order valence-electron chi connectivity index (χ1n) is 7.87. The van der Waals surface area contributed by atoms with Gasteiger partial charge in [0.05, 0.1) is 5.57 Å². The lowest BCUT2D eigenvalue weighted by Gasteiger charge is -2.31. The number of carbonyl (C=O) groups is 1. The number of amides is 1. The van der Waals surface area contributed by atoms with E-state index in [0.717, 1.165) is 5.56 Å². The van der Waals surface area contributed by atoms with Crippen molar-refractivity contribution in [3.63, 3.8) is 0 Å². The van der Waals surface area contributed by atoms with E-state index in [1.165, 1.54) is 12.1 Å². The van der Waals surface area contributed by atoms with Gasteiger partial charge in [-0.15, -0.1) is 0 Å². The van der Waals surface area contributed by atoms with Crippen LogP contribution in [0.2, 0.25) is 0 Å². The molecule has 0 saturated heterocycles. The summed E-state index contributed by atoms with van der Waals surface area (Å²) in [5.74, 6) is 0.0420. The Balaban J connectivity index is 2.13. The van der Waals surface area contributed by atoms with Gasteiger partial charge in [0.1, 0.15) is 11.9 Å². The van der Waals surface area contributed by atoms with Gasteiger partial charge in [-0.25, -0.2) is 4.39 Å². The zero-order valence-electron chi connectivity index (χ0n) is 13.8. The van der Waals surface area contributed by atoms with Gasteiger partial charge in [0.25, 0.3) is 5.91 Å². The highest BCUT2D eigenvalue weighted by Crippen LogP contribution is 2.35. The molecular formula is C16H19FN6O. The number of likely N-dealkylation sites (N-methyl/N-ethyl adjacent to an activating group) is 1. The molecule has 0 radical (unpaired) electrons. The Morgan fingerprint density at radius 2 is 1.96 bits per heavy atom. The molecule has 0 bridgehead atoms. The number of allylic oxidation sites excluding steroid dienone is 1. The van der Waals surface area contributed by atoms with Crippen molar-refractivity contribution in [2.24, 2.45) is 0 Å². The van der Waals surface area contributed by atoms with Crippen LogP contribution in [-0.2, 0) is 4.79 Å². The molecule has 0 unspecified atom stereocenters. The van der Waals surface area contributed by atoms with Gasteiger partial charge in [-0.1, -0.05) is 17.2 Å². The molecule has 2 aromatic rings. The van der Waals surface area contributed by atoms with Crippen molar-refractivity contribution in [1.82, 2.24) is 25.1 Å². The van der Waals surface area contributed by atoms with Gasteiger partial charge in [-0.2, -0.15) is 4.68 Å². The number of tetrazole rings is 1. The molecule has 1 aromatic heterocycles. The summed E-state index contributed by atoms with van der Waals surface area (Å²) in [5.41, 5.74) is 2.01. The largest absolute Gasteiger partial charge is 0.339 e. The van der Waals surface area contributed by atoms with Gasteiger partial charge in [-0.05, 0) is 48.9 Å². The lowest BCUT2D eigenvalue weighted by atomic mass is 9.94. The second kappa shape index (κ2) is 6.38. The van der Waals surface area contributed by atoms with E-state index in [1.54, 1.807) is 21.7 Å². The third kappa shape index (κ3) is 2.64. The minimum absolute atomic E-state index is 0.0829. The molecule has 0 aliphatic carbocycles. The van der Waals surface area contributed by atoms with E-state index in [1.807, 2.05) is 20.8 Å². The zero-order valence-corrected chi connectivity index (χ0v) is 13.8. The predicted octanol–water partition coefficient (Wildman–Crippen LogP) is 1.97. The number of nitrogens with one attached hydrogen (secondary N) is 1. The van der Waals surface area contributed by atoms with Crippen LogP contribution >= 0.6 is 0 Å².